The fourth-order valence-electron chi connectivity index (χ4n) is 1.40. The van der Waals surface area contributed by atoms with Crippen molar-refractivity contribution in [1.82, 2.24) is 10.2 Å². The van der Waals surface area contributed by atoms with Crippen molar-refractivity contribution < 1.29 is 4.79 Å². The van der Waals surface area contributed by atoms with Gasteiger partial charge in [0.05, 0.1) is 0 Å². The number of carbonyl (C=O) groups is 1. The van der Waals surface area contributed by atoms with Crippen molar-refractivity contribution in [1.29, 1.82) is 0 Å². The second-order valence-corrected chi connectivity index (χ2v) is 4.35. The second-order valence-electron chi connectivity index (χ2n) is 4.35. The van der Waals surface area contributed by atoms with Crippen LogP contribution in [0.15, 0.2) is 0 Å². The van der Waals surface area contributed by atoms with Crippen LogP contribution in [0.1, 0.15) is 40.0 Å². The van der Waals surface area contributed by atoms with E-state index in [1.165, 1.54) is 12.8 Å². The quantitative estimate of drug-likeness (QED) is 0.707. The van der Waals surface area contributed by atoms with E-state index in [4.69, 9.17) is 0 Å². The number of nitrogens with zero attached hydrogens (tertiary/aromatic N) is 1. The standard InChI is InChI=1S/C11H24N2O/c1-9(12-11(3)14)7-6-8-10(2)13(4)5/h9-10H,6-8H2,1-5H3,(H,12,14). The predicted octanol–water partition coefficient (Wildman–Crippen LogP) is 1.63. The van der Waals surface area contributed by atoms with Crippen LogP contribution in [0.2, 0.25) is 0 Å². The zero-order chi connectivity index (χ0) is 11.1. The summed E-state index contributed by atoms with van der Waals surface area (Å²) in [5.41, 5.74) is 0. The first-order valence-electron chi connectivity index (χ1n) is 5.37. The maximum atomic E-state index is 10.7. The van der Waals surface area contributed by atoms with Gasteiger partial charge in [-0.25, -0.2) is 0 Å². The molecule has 3 heteroatoms. The van der Waals surface area contributed by atoms with Crippen molar-refractivity contribution in [2.45, 2.75) is 52.1 Å². The Morgan fingerprint density at radius 1 is 1.29 bits per heavy atom. The largest absolute Gasteiger partial charge is 0.354 e. The van der Waals surface area contributed by atoms with Gasteiger partial charge < -0.3 is 10.2 Å². The van der Waals surface area contributed by atoms with Gasteiger partial charge in [-0.2, -0.15) is 0 Å². The fourth-order valence-corrected chi connectivity index (χ4v) is 1.40. The summed E-state index contributed by atoms with van der Waals surface area (Å²) >= 11 is 0. The molecule has 14 heavy (non-hydrogen) atoms. The molecule has 84 valence electrons. The third-order valence-corrected chi connectivity index (χ3v) is 2.59. The highest BCUT2D eigenvalue weighted by atomic mass is 16.1. The van der Waals surface area contributed by atoms with Crippen molar-refractivity contribution in [2.24, 2.45) is 0 Å². The van der Waals surface area contributed by atoms with E-state index in [-0.39, 0.29) is 5.91 Å². The van der Waals surface area contributed by atoms with Crippen LogP contribution in [0.5, 0.6) is 0 Å². The molecular formula is C11H24N2O. The molecule has 2 unspecified atom stereocenters. The Hall–Kier alpha value is -0.570. The van der Waals surface area contributed by atoms with Crippen LogP contribution in [-0.2, 0) is 4.79 Å². The minimum atomic E-state index is 0.0677. The van der Waals surface area contributed by atoms with Crippen LogP contribution in [0.3, 0.4) is 0 Å². The maximum absolute atomic E-state index is 10.7. The number of hydrogen-bond donors (Lipinski definition) is 1. The Balaban J connectivity index is 3.48. The molecule has 0 heterocycles. The molecule has 0 saturated carbocycles. The van der Waals surface area contributed by atoms with Crippen LogP contribution in [-0.4, -0.2) is 37.0 Å². The predicted molar refractivity (Wildman–Crippen MR) is 60.3 cm³/mol. The summed E-state index contributed by atoms with van der Waals surface area (Å²) in [6, 6.07) is 0.932. The second kappa shape index (κ2) is 6.82. The highest BCUT2D eigenvalue weighted by Gasteiger charge is 2.06. The molecule has 0 bridgehead atoms. The Labute approximate surface area is 87.9 Å². The molecule has 1 amide bonds. The molecule has 0 radical (unpaired) electrons. The van der Waals surface area contributed by atoms with E-state index in [9.17, 15) is 4.79 Å². The van der Waals surface area contributed by atoms with Gasteiger partial charge in [-0.3, -0.25) is 4.79 Å². The van der Waals surface area contributed by atoms with Gasteiger partial charge >= 0.3 is 0 Å². The maximum Gasteiger partial charge on any atom is 0.217 e. The molecule has 0 aliphatic carbocycles. The summed E-state index contributed by atoms with van der Waals surface area (Å²) in [6.45, 7) is 5.85. The van der Waals surface area contributed by atoms with Crippen LogP contribution in [0, 0.1) is 0 Å². The lowest BCUT2D eigenvalue weighted by molar-refractivity contribution is -0.119. The zero-order valence-corrected chi connectivity index (χ0v) is 10.1. The Morgan fingerprint density at radius 3 is 2.29 bits per heavy atom. The average molecular weight is 200 g/mol. The van der Waals surface area contributed by atoms with Crippen molar-refractivity contribution in [2.75, 3.05) is 14.1 Å². The molecule has 0 rings (SSSR count). The van der Waals surface area contributed by atoms with Gasteiger partial charge in [-0.1, -0.05) is 0 Å². The lowest BCUT2D eigenvalue weighted by Crippen LogP contribution is -2.31. The van der Waals surface area contributed by atoms with E-state index in [1.807, 2.05) is 0 Å². The van der Waals surface area contributed by atoms with Crippen molar-refractivity contribution >= 4 is 5.91 Å². The lowest BCUT2D eigenvalue weighted by atomic mass is 10.1. The van der Waals surface area contributed by atoms with Gasteiger partial charge in [0, 0.05) is 19.0 Å². The minimum absolute atomic E-state index is 0.0677. The smallest absolute Gasteiger partial charge is 0.217 e. The van der Waals surface area contributed by atoms with Gasteiger partial charge in [0.1, 0.15) is 0 Å². The average Bonchev–Trinajstić information content (AvgIpc) is 2.02. The first-order chi connectivity index (χ1) is 6.43. The first kappa shape index (κ1) is 13.4. The number of amides is 1. The lowest BCUT2D eigenvalue weighted by Gasteiger charge is -2.20. The van der Waals surface area contributed by atoms with Gasteiger partial charge in [0.25, 0.3) is 0 Å². The highest BCUT2D eigenvalue weighted by Crippen LogP contribution is 2.06. The van der Waals surface area contributed by atoms with Crippen LogP contribution >= 0.6 is 0 Å². The summed E-state index contributed by atoms with van der Waals surface area (Å²) in [4.78, 5) is 13.0. The summed E-state index contributed by atoms with van der Waals surface area (Å²) in [7, 11) is 4.20. The number of rotatable bonds is 6. The fraction of sp³-hybridized carbons (Fsp3) is 0.909. The molecular weight excluding hydrogens is 176 g/mol. The van der Waals surface area contributed by atoms with E-state index in [2.05, 4.69) is 38.2 Å². The van der Waals surface area contributed by atoms with Crippen LogP contribution in [0.4, 0.5) is 0 Å². The molecule has 2 atom stereocenters. The van der Waals surface area contributed by atoms with Crippen molar-refractivity contribution in [3.63, 3.8) is 0 Å². The number of carbonyl (C=O) groups excluding carboxylic acids is 1. The molecule has 0 aromatic rings. The van der Waals surface area contributed by atoms with Gasteiger partial charge in [-0.05, 0) is 47.2 Å². The van der Waals surface area contributed by atoms with Crippen molar-refractivity contribution in [3.05, 3.63) is 0 Å². The Bertz CT molecular complexity index is 169. The van der Waals surface area contributed by atoms with Crippen molar-refractivity contribution in [3.8, 4) is 0 Å². The normalized spacial score (nSPS) is 15.3. The summed E-state index contributed by atoms with van der Waals surface area (Å²) in [5.74, 6) is 0.0677. The molecule has 0 spiro atoms. The van der Waals surface area contributed by atoms with Gasteiger partial charge in [0.2, 0.25) is 5.91 Å². The van der Waals surface area contributed by atoms with Crippen LogP contribution in [0.25, 0.3) is 0 Å². The molecule has 0 saturated heterocycles. The third kappa shape index (κ3) is 6.89. The van der Waals surface area contributed by atoms with Gasteiger partial charge in [-0.15, -0.1) is 0 Å². The molecule has 0 aliphatic rings. The number of hydrogen-bond acceptors (Lipinski definition) is 2. The van der Waals surface area contributed by atoms with E-state index < -0.39 is 0 Å². The van der Waals surface area contributed by atoms with Gasteiger partial charge in [0.15, 0.2) is 0 Å². The molecule has 0 aromatic carbocycles. The molecule has 0 fully saturated rings. The minimum Gasteiger partial charge on any atom is -0.354 e. The first-order valence-corrected chi connectivity index (χ1v) is 5.37. The van der Waals surface area contributed by atoms with E-state index >= 15 is 0 Å². The monoisotopic (exact) mass is 200 g/mol. The highest BCUT2D eigenvalue weighted by molar-refractivity contribution is 5.73. The van der Waals surface area contributed by atoms with Crippen LogP contribution < -0.4 is 5.32 Å². The topological polar surface area (TPSA) is 32.3 Å². The summed E-state index contributed by atoms with van der Waals surface area (Å²) in [5, 5.41) is 2.89. The molecule has 3 nitrogen and oxygen atoms in total. The summed E-state index contributed by atoms with van der Waals surface area (Å²) < 4.78 is 0. The van der Waals surface area contributed by atoms with E-state index in [0.717, 1.165) is 6.42 Å². The van der Waals surface area contributed by atoms with E-state index in [1.54, 1.807) is 6.92 Å². The molecule has 1 N–H and O–H groups in total. The third-order valence-electron chi connectivity index (χ3n) is 2.59. The number of nitrogens with one attached hydrogen (secondary N) is 1. The molecule has 0 aromatic heterocycles. The SMILES string of the molecule is CC(=O)NC(C)CCCC(C)N(C)C. The van der Waals surface area contributed by atoms with E-state index in [0.29, 0.717) is 12.1 Å². The Morgan fingerprint density at radius 2 is 1.86 bits per heavy atom. The Kier molecular flexibility index (Phi) is 6.54. The zero-order valence-electron chi connectivity index (χ0n) is 10.1. The summed E-state index contributed by atoms with van der Waals surface area (Å²) in [6.07, 6.45) is 3.43. The molecule has 0 aliphatic heterocycles.